The van der Waals surface area contributed by atoms with Crippen molar-refractivity contribution in [2.75, 3.05) is 0 Å². The van der Waals surface area contributed by atoms with E-state index in [0.29, 0.717) is 17.3 Å². The van der Waals surface area contributed by atoms with Crippen LogP contribution in [0.5, 0.6) is 23.0 Å². The van der Waals surface area contributed by atoms with Gasteiger partial charge in [0.1, 0.15) is 23.1 Å². The second-order valence-corrected chi connectivity index (χ2v) is 12.7. The standard InChI is InChI=1S/C43H33FN4O2.Pt/c1-27(2)30-20-33(47-26-31(25-46-47)43-28(3)18-36(19-29(43)4)49-34-10-6-5-7-11-34)23-37(21-30)50-35-14-15-39-38-12-8-9-13-40(38)48(41(39)24-35)42-22-32(44)16-17-45-42;/h5-22,25-27H,1-4H3;/q-2;+2. The molecule has 3 heterocycles. The Labute approximate surface area is 310 Å². The van der Waals surface area contributed by atoms with Crippen LogP contribution in [0.1, 0.15) is 36.5 Å². The number of halogens is 1. The normalized spacial score (nSPS) is 11.3. The minimum absolute atomic E-state index is 0. The summed E-state index contributed by atoms with van der Waals surface area (Å²) >= 11 is 0. The van der Waals surface area contributed by atoms with E-state index in [1.54, 1.807) is 0 Å². The SMILES string of the molecule is Cc1cc(Oc2ccccc2)cc(C)c1-c1cnn(-c2[c-]c(Oc3[c-]c4c(cc3)c3ccccc3n4-c3cc(F)ccn3)cc(C(C)C)c2)c1.[Pt+2]. The number of benzene rings is 5. The van der Waals surface area contributed by atoms with Crippen LogP contribution in [0, 0.1) is 31.8 Å². The van der Waals surface area contributed by atoms with Gasteiger partial charge in [0.15, 0.2) is 0 Å². The Hall–Kier alpha value is -5.52. The Balaban J connectivity index is 0.00000406. The first-order chi connectivity index (χ1) is 24.3. The number of para-hydroxylation sites is 2. The number of hydrogen-bond donors (Lipinski definition) is 0. The summed E-state index contributed by atoms with van der Waals surface area (Å²) in [6, 6.07) is 39.5. The van der Waals surface area contributed by atoms with Crippen molar-refractivity contribution in [1.82, 2.24) is 19.3 Å². The third-order valence-electron chi connectivity index (χ3n) is 8.84. The molecule has 0 fully saturated rings. The first-order valence-corrected chi connectivity index (χ1v) is 16.5. The Morgan fingerprint density at radius 2 is 1.51 bits per heavy atom. The van der Waals surface area contributed by atoms with Gasteiger partial charge in [-0.15, -0.1) is 41.3 Å². The molecule has 0 aliphatic heterocycles. The zero-order valence-corrected chi connectivity index (χ0v) is 30.7. The fourth-order valence-corrected chi connectivity index (χ4v) is 6.51. The Morgan fingerprint density at radius 1 is 0.745 bits per heavy atom. The van der Waals surface area contributed by atoms with Crippen LogP contribution < -0.4 is 9.47 Å². The molecule has 0 aliphatic rings. The van der Waals surface area contributed by atoms with E-state index in [1.165, 1.54) is 18.3 Å². The van der Waals surface area contributed by atoms with Crippen LogP contribution in [-0.2, 0) is 21.1 Å². The Bertz CT molecular complexity index is 2500. The van der Waals surface area contributed by atoms with Gasteiger partial charge in [-0.05, 0) is 83.9 Å². The van der Waals surface area contributed by atoms with Crippen molar-refractivity contribution >= 4 is 21.8 Å². The summed E-state index contributed by atoms with van der Waals surface area (Å²) in [5.41, 5.74) is 7.78. The quantitative estimate of drug-likeness (QED) is 0.143. The monoisotopic (exact) mass is 851 g/mol. The molecule has 5 aromatic carbocycles. The molecule has 0 radical (unpaired) electrons. The van der Waals surface area contributed by atoms with Gasteiger partial charge in [-0.3, -0.25) is 4.68 Å². The maximum absolute atomic E-state index is 14.3. The average molecular weight is 852 g/mol. The zero-order chi connectivity index (χ0) is 34.4. The summed E-state index contributed by atoms with van der Waals surface area (Å²) in [6.45, 7) is 8.47. The number of hydrogen-bond acceptors (Lipinski definition) is 4. The van der Waals surface area contributed by atoms with Gasteiger partial charge < -0.3 is 14.0 Å². The van der Waals surface area contributed by atoms with Gasteiger partial charge in [-0.25, -0.2) is 9.37 Å². The smallest absolute Gasteiger partial charge is 0.509 e. The first kappa shape index (κ1) is 34.0. The topological polar surface area (TPSA) is 54.1 Å². The van der Waals surface area contributed by atoms with E-state index in [9.17, 15) is 4.39 Å². The average Bonchev–Trinajstić information content (AvgIpc) is 3.71. The molecule has 8 aromatic rings. The summed E-state index contributed by atoms with van der Waals surface area (Å²) < 4.78 is 30.7. The van der Waals surface area contributed by atoms with Crippen LogP contribution in [0.3, 0.4) is 0 Å². The number of aromatic nitrogens is 4. The van der Waals surface area contributed by atoms with Crippen LogP contribution in [0.25, 0.3) is 44.4 Å². The van der Waals surface area contributed by atoms with Gasteiger partial charge in [-0.2, -0.15) is 11.2 Å². The predicted octanol–water partition coefficient (Wildman–Crippen LogP) is 11.1. The maximum Gasteiger partial charge on any atom is 2.00 e. The molecule has 3 aromatic heterocycles. The minimum atomic E-state index is -0.359. The number of ether oxygens (including phenoxy) is 2. The van der Waals surface area contributed by atoms with Crippen LogP contribution in [-0.4, -0.2) is 19.3 Å². The second-order valence-electron chi connectivity index (χ2n) is 12.7. The molecule has 0 bridgehead atoms. The van der Waals surface area contributed by atoms with Crippen molar-refractivity contribution in [3.8, 4) is 45.6 Å². The molecule has 0 aliphatic carbocycles. The van der Waals surface area contributed by atoms with Crippen LogP contribution in [0.4, 0.5) is 4.39 Å². The number of nitrogens with zero attached hydrogens (tertiary/aromatic N) is 4. The molecule has 0 amide bonds. The van der Waals surface area contributed by atoms with Crippen molar-refractivity contribution in [2.45, 2.75) is 33.6 Å². The van der Waals surface area contributed by atoms with Crippen molar-refractivity contribution < 1.29 is 34.9 Å². The minimum Gasteiger partial charge on any atom is -0.509 e. The predicted molar refractivity (Wildman–Crippen MR) is 195 cm³/mol. The molecule has 0 saturated carbocycles. The Kier molecular flexibility index (Phi) is 9.32. The van der Waals surface area contributed by atoms with E-state index in [1.807, 2.05) is 94.4 Å². The van der Waals surface area contributed by atoms with Gasteiger partial charge in [0.25, 0.3) is 0 Å². The maximum atomic E-state index is 14.3. The first-order valence-electron chi connectivity index (χ1n) is 16.5. The summed E-state index contributed by atoms with van der Waals surface area (Å²) in [5, 5.41) is 6.74. The molecular weight excluding hydrogens is 819 g/mol. The molecule has 0 N–H and O–H groups in total. The third kappa shape index (κ3) is 6.70. The third-order valence-corrected chi connectivity index (χ3v) is 8.84. The van der Waals surface area contributed by atoms with Gasteiger partial charge >= 0.3 is 21.1 Å². The fourth-order valence-electron chi connectivity index (χ4n) is 6.51. The molecule has 254 valence electrons. The van der Waals surface area contributed by atoms with Crippen molar-refractivity contribution in [3.63, 3.8) is 0 Å². The van der Waals surface area contributed by atoms with Crippen LogP contribution >= 0.6 is 0 Å². The van der Waals surface area contributed by atoms with E-state index in [0.717, 1.165) is 66.8 Å². The fraction of sp³-hybridized carbons (Fsp3) is 0.116. The van der Waals surface area contributed by atoms with Crippen molar-refractivity contribution in [2.24, 2.45) is 0 Å². The Morgan fingerprint density at radius 3 is 2.27 bits per heavy atom. The van der Waals surface area contributed by atoms with Gasteiger partial charge in [-0.1, -0.05) is 55.8 Å². The van der Waals surface area contributed by atoms with Gasteiger partial charge in [0, 0.05) is 41.0 Å². The second kappa shape index (κ2) is 14.0. The number of pyridine rings is 1. The molecule has 6 nitrogen and oxygen atoms in total. The molecule has 51 heavy (non-hydrogen) atoms. The van der Waals surface area contributed by atoms with Crippen molar-refractivity contribution in [3.05, 3.63) is 156 Å². The number of fused-ring (bicyclic) bond motifs is 3. The molecule has 0 unspecified atom stereocenters. The number of aryl methyl sites for hydroxylation is 2. The molecule has 8 rings (SSSR count). The number of rotatable bonds is 8. The van der Waals surface area contributed by atoms with Gasteiger partial charge in [0.05, 0.1) is 6.20 Å². The van der Waals surface area contributed by atoms with Crippen molar-refractivity contribution in [1.29, 1.82) is 0 Å². The molecule has 0 saturated heterocycles. The summed E-state index contributed by atoms with van der Waals surface area (Å²) in [6.07, 6.45) is 5.37. The van der Waals surface area contributed by atoms with E-state index in [-0.39, 0.29) is 32.8 Å². The van der Waals surface area contributed by atoms with E-state index in [2.05, 4.69) is 63.0 Å². The molecule has 8 heteroatoms. The summed E-state index contributed by atoms with van der Waals surface area (Å²) in [4.78, 5) is 4.47. The summed E-state index contributed by atoms with van der Waals surface area (Å²) in [5.74, 6) is 2.99. The van der Waals surface area contributed by atoms with Crippen LogP contribution in [0.15, 0.2) is 122 Å². The van der Waals surface area contributed by atoms with Crippen LogP contribution in [0.2, 0.25) is 0 Å². The molecular formula is C43H33FN4O2Pt. The molecule has 0 spiro atoms. The zero-order valence-electron chi connectivity index (χ0n) is 28.4. The van der Waals surface area contributed by atoms with Gasteiger partial charge in [0.2, 0.25) is 0 Å². The van der Waals surface area contributed by atoms with E-state index < -0.39 is 0 Å². The van der Waals surface area contributed by atoms with E-state index in [4.69, 9.17) is 14.6 Å². The summed E-state index contributed by atoms with van der Waals surface area (Å²) in [7, 11) is 0. The largest absolute Gasteiger partial charge is 2.00 e. The molecule has 0 atom stereocenters. The van der Waals surface area contributed by atoms with E-state index >= 15 is 0 Å².